The number of nitro benzene ring substituents is 1. The van der Waals surface area contributed by atoms with Crippen molar-refractivity contribution in [2.24, 2.45) is 5.41 Å². The molecule has 0 unspecified atom stereocenters. The number of fused-ring (bicyclic) bond motifs is 1. The van der Waals surface area contributed by atoms with E-state index in [9.17, 15) is 19.7 Å². The van der Waals surface area contributed by atoms with Gasteiger partial charge in [0.2, 0.25) is 0 Å². The van der Waals surface area contributed by atoms with Gasteiger partial charge >= 0.3 is 0 Å². The highest BCUT2D eigenvalue weighted by Crippen LogP contribution is 2.41. The van der Waals surface area contributed by atoms with Gasteiger partial charge in [0.05, 0.1) is 16.2 Å². The van der Waals surface area contributed by atoms with Crippen LogP contribution in [0, 0.1) is 22.5 Å². The second-order valence-electron chi connectivity index (χ2n) is 10.8. The molecule has 8 nitrogen and oxygen atoms in total. The maximum Gasteiger partial charge on any atom is 0.295 e. The molecule has 1 aromatic heterocycles. The summed E-state index contributed by atoms with van der Waals surface area (Å²) in [6.45, 7) is 6.43. The fourth-order valence-electron chi connectivity index (χ4n) is 5.11. The van der Waals surface area contributed by atoms with Gasteiger partial charge in [-0.1, -0.05) is 74.0 Å². The number of carbonyl (C=O) groups is 2. The third kappa shape index (κ3) is 5.36. The van der Waals surface area contributed by atoms with Crippen molar-refractivity contribution >= 4 is 17.4 Å². The third-order valence-corrected chi connectivity index (χ3v) is 7.07. The van der Waals surface area contributed by atoms with Gasteiger partial charge in [0.15, 0.2) is 5.78 Å². The molecule has 1 aliphatic rings. The summed E-state index contributed by atoms with van der Waals surface area (Å²) >= 11 is 0. The van der Waals surface area contributed by atoms with E-state index < -0.39 is 4.92 Å². The van der Waals surface area contributed by atoms with Crippen LogP contribution in [0.25, 0.3) is 16.9 Å². The summed E-state index contributed by atoms with van der Waals surface area (Å²) in [4.78, 5) is 37.8. The number of amides is 1. The van der Waals surface area contributed by atoms with Gasteiger partial charge in [-0.05, 0) is 42.9 Å². The van der Waals surface area contributed by atoms with E-state index in [2.05, 4.69) is 5.32 Å². The highest BCUT2D eigenvalue weighted by molar-refractivity contribution is 6.04. The second-order valence-corrected chi connectivity index (χ2v) is 10.8. The Bertz CT molecular complexity index is 1570. The van der Waals surface area contributed by atoms with Crippen molar-refractivity contribution in [2.75, 3.05) is 6.54 Å². The standard InChI is InChI=1S/C31H30N4O4/c1-20-9-11-21(12-10-20)15-16-32-30(37)23-13-14-24(25(17-23)35(38)39)34-26-18-31(2,3)19-27(36)28(26)29(33-34)22-7-5-4-6-8-22/h4-14,17H,15-16,18-19H2,1-3H3,(H,32,37). The Balaban J connectivity index is 1.50. The van der Waals surface area contributed by atoms with Crippen LogP contribution < -0.4 is 5.32 Å². The zero-order chi connectivity index (χ0) is 27.7. The van der Waals surface area contributed by atoms with Crippen molar-refractivity contribution in [1.82, 2.24) is 15.1 Å². The molecule has 0 spiro atoms. The summed E-state index contributed by atoms with van der Waals surface area (Å²) in [5.41, 5.74) is 4.54. The molecule has 1 N–H and O–H groups in total. The second kappa shape index (κ2) is 10.3. The molecule has 5 rings (SSSR count). The lowest BCUT2D eigenvalue weighted by Crippen LogP contribution is -2.28. The van der Waals surface area contributed by atoms with Crippen molar-refractivity contribution in [3.63, 3.8) is 0 Å². The van der Waals surface area contributed by atoms with Crippen LogP contribution in [0.1, 0.15) is 57.8 Å². The topological polar surface area (TPSA) is 107 Å². The van der Waals surface area contributed by atoms with Gasteiger partial charge in [-0.3, -0.25) is 19.7 Å². The van der Waals surface area contributed by atoms with E-state index in [-0.39, 0.29) is 34.0 Å². The summed E-state index contributed by atoms with van der Waals surface area (Å²) in [5, 5.41) is 19.8. The van der Waals surface area contributed by atoms with E-state index in [1.54, 1.807) is 12.1 Å². The molecule has 1 aliphatic carbocycles. The Labute approximate surface area is 226 Å². The highest BCUT2D eigenvalue weighted by Gasteiger charge is 2.38. The number of hydrogen-bond acceptors (Lipinski definition) is 5. The minimum atomic E-state index is -0.509. The zero-order valence-corrected chi connectivity index (χ0v) is 22.2. The van der Waals surface area contributed by atoms with Crippen LogP contribution in [0.3, 0.4) is 0 Å². The number of rotatable bonds is 7. The first kappa shape index (κ1) is 26.0. The lowest BCUT2D eigenvalue weighted by Gasteiger charge is -2.29. The molecule has 198 valence electrons. The Kier molecular flexibility index (Phi) is 6.87. The van der Waals surface area contributed by atoms with Crippen molar-refractivity contribution in [3.8, 4) is 16.9 Å². The maximum absolute atomic E-state index is 13.3. The smallest absolute Gasteiger partial charge is 0.295 e. The SMILES string of the molecule is Cc1ccc(CCNC(=O)c2ccc(-n3nc(-c4ccccc4)c4c3CC(C)(C)CC4=O)c([N+](=O)[O-])c2)cc1. The average Bonchev–Trinajstić information content (AvgIpc) is 3.28. The number of ketones is 1. The quantitative estimate of drug-likeness (QED) is 0.241. The van der Waals surface area contributed by atoms with Gasteiger partial charge < -0.3 is 5.32 Å². The van der Waals surface area contributed by atoms with E-state index in [0.29, 0.717) is 42.8 Å². The summed E-state index contributed by atoms with van der Waals surface area (Å²) < 4.78 is 1.52. The lowest BCUT2D eigenvalue weighted by atomic mass is 9.75. The monoisotopic (exact) mass is 522 g/mol. The van der Waals surface area contributed by atoms with Crippen LogP contribution in [0.2, 0.25) is 0 Å². The molecule has 4 aromatic rings. The number of benzene rings is 3. The molecule has 0 atom stereocenters. The van der Waals surface area contributed by atoms with Crippen molar-refractivity contribution in [2.45, 2.75) is 40.0 Å². The predicted octanol–water partition coefficient (Wildman–Crippen LogP) is 5.88. The van der Waals surface area contributed by atoms with E-state index >= 15 is 0 Å². The first-order chi connectivity index (χ1) is 18.6. The van der Waals surface area contributed by atoms with E-state index in [0.717, 1.165) is 16.7 Å². The zero-order valence-electron chi connectivity index (χ0n) is 22.2. The number of nitrogens with zero attached hydrogens (tertiary/aromatic N) is 3. The molecule has 39 heavy (non-hydrogen) atoms. The highest BCUT2D eigenvalue weighted by atomic mass is 16.6. The molecule has 0 aliphatic heterocycles. The van der Waals surface area contributed by atoms with Crippen LogP contribution in [-0.2, 0) is 12.8 Å². The summed E-state index contributed by atoms with van der Waals surface area (Å²) in [5.74, 6) is -0.417. The van der Waals surface area contributed by atoms with E-state index in [4.69, 9.17) is 5.10 Å². The predicted molar refractivity (Wildman–Crippen MR) is 149 cm³/mol. The van der Waals surface area contributed by atoms with Gasteiger partial charge in [-0.15, -0.1) is 0 Å². The van der Waals surface area contributed by atoms with Crippen LogP contribution >= 0.6 is 0 Å². The first-order valence-corrected chi connectivity index (χ1v) is 13.0. The Morgan fingerprint density at radius 3 is 2.46 bits per heavy atom. The fraction of sp³-hybridized carbons (Fsp3) is 0.258. The fourth-order valence-corrected chi connectivity index (χ4v) is 5.11. The normalized spacial score (nSPS) is 14.1. The minimum absolute atomic E-state index is 0.0291. The molecule has 0 fully saturated rings. The Morgan fingerprint density at radius 2 is 1.77 bits per heavy atom. The van der Waals surface area contributed by atoms with Crippen LogP contribution in [0.15, 0.2) is 72.8 Å². The number of carbonyl (C=O) groups excluding carboxylic acids is 2. The van der Waals surface area contributed by atoms with Crippen molar-refractivity contribution in [1.29, 1.82) is 0 Å². The lowest BCUT2D eigenvalue weighted by molar-refractivity contribution is -0.384. The number of nitro groups is 1. The molecule has 8 heteroatoms. The number of hydrogen-bond donors (Lipinski definition) is 1. The Morgan fingerprint density at radius 1 is 1.05 bits per heavy atom. The van der Waals surface area contributed by atoms with E-state index in [1.807, 2.05) is 75.4 Å². The first-order valence-electron chi connectivity index (χ1n) is 13.0. The van der Waals surface area contributed by atoms with Gasteiger partial charge in [0.25, 0.3) is 11.6 Å². The maximum atomic E-state index is 13.3. The minimum Gasteiger partial charge on any atom is -0.352 e. The summed E-state index contributed by atoms with van der Waals surface area (Å²) in [6, 6.07) is 21.8. The molecule has 0 radical (unpaired) electrons. The van der Waals surface area contributed by atoms with Crippen LogP contribution in [-0.4, -0.2) is 32.9 Å². The largest absolute Gasteiger partial charge is 0.352 e. The molecule has 0 saturated carbocycles. The number of nitrogens with one attached hydrogen (secondary N) is 1. The molecular weight excluding hydrogens is 492 g/mol. The molecular formula is C31H30N4O4. The van der Waals surface area contributed by atoms with Crippen molar-refractivity contribution in [3.05, 3.63) is 111 Å². The molecule has 0 bridgehead atoms. The van der Waals surface area contributed by atoms with Gasteiger partial charge in [-0.25, -0.2) is 4.68 Å². The van der Waals surface area contributed by atoms with Gasteiger partial charge in [-0.2, -0.15) is 5.10 Å². The molecule has 0 saturated heterocycles. The van der Waals surface area contributed by atoms with E-state index in [1.165, 1.54) is 10.7 Å². The average molecular weight is 523 g/mol. The summed E-state index contributed by atoms with van der Waals surface area (Å²) in [6.07, 6.45) is 1.55. The molecule has 1 heterocycles. The van der Waals surface area contributed by atoms with Gasteiger partial charge in [0.1, 0.15) is 11.4 Å². The third-order valence-electron chi connectivity index (χ3n) is 7.07. The van der Waals surface area contributed by atoms with Crippen LogP contribution in [0.4, 0.5) is 5.69 Å². The summed E-state index contributed by atoms with van der Waals surface area (Å²) in [7, 11) is 0. The van der Waals surface area contributed by atoms with Crippen LogP contribution in [0.5, 0.6) is 0 Å². The molecule has 1 amide bonds. The molecule has 3 aromatic carbocycles. The number of aromatic nitrogens is 2. The number of Topliss-reactive ketones (excluding diaryl/α,β-unsaturated/α-hetero) is 1. The van der Waals surface area contributed by atoms with Gasteiger partial charge in [0, 0.05) is 30.2 Å². The van der Waals surface area contributed by atoms with Crippen molar-refractivity contribution < 1.29 is 14.5 Å². The Hall–Kier alpha value is -4.59. The number of aryl methyl sites for hydroxylation is 1.